The fourth-order valence-corrected chi connectivity index (χ4v) is 5.59. The van der Waals surface area contributed by atoms with Crippen LogP contribution >= 0.6 is 0 Å². The molecule has 150 valence electrons. The van der Waals surface area contributed by atoms with E-state index in [-0.39, 0.29) is 29.4 Å². The van der Waals surface area contributed by atoms with Gasteiger partial charge >= 0.3 is 0 Å². The third-order valence-electron chi connectivity index (χ3n) is 6.95. The van der Waals surface area contributed by atoms with Gasteiger partial charge in [-0.15, -0.1) is 0 Å². The standard InChI is InChI=1S/C22H28N2O4/c1-5-15-14-8-10-23(3)11-9-22(21(15)27)16-6-7-17(28-4)20(26)19(16)24(13(2)25)18(22)12-14/h5-7,14,18,26H,8-12H2,1-4H3/b15-5+/t14-,18-,22+/m0/s1. The maximum Gasteiger partial charge on any atom is 0.224 e. The number of rotatable bonds is 1. The number of anilines is 1. The van der Waals surface area contributed by atoms with E-state index in [0.29, 0.717) is 17.9 Å². The number of fused-ring (bicyclic) bond motifs is 6. The number of benzene rings is 1. The number of hydrogen-bond donors (Lipinski definition) is 1. The summed E-state index contributed by atoms with van der Waals surface area (Å²) in [5, 5.41) is 10.9. The Hall–Kier alpha value is -2.34. The van der Waals surface area contributed by atoms with E-state index < -0.39 is 5.41 Å². The highest BCUT2D eigenvalue weighted by molar-refractivity contribution is 6.12. The number of ketones is 1. The Morgan fingerprint density at radius 3 is 2.75 bits per heavy atom. The molecular formula is C22H28N2O4. The van der Waals surface area contributed by atoms with Gasteiger partial charge in [-0.25, -0.2) is 0 Å². The molecule has 1 spiro atoms. The number of methoxy groups -OCH3 is 1. The molecule has 1 aromatic carbocycles. The van der Waals surface area contributed by atoms with E-state index in [2.05, 4.69) is 11.9 Å². The molecule has 3 atom stereocenters. The van der Waals surface area contributed by atoms with Crippen LogP contribution in [0.4, 0.5) is 5.69 Å². The number of aromatic hydroxyl groups is 1. The molecule has 0 unspecified atom stereocenters. The molecule has 1 aromatic rings. The van der Waals surface area contributed by atoms with Crippen LogP contribution in [0.3, 0.4) is 0 Å². The number of hydrogen-bond acceptors (Lipinski definition) is 5. The van der Waals surface area contributed by atoms with Gasteiger partial charge in [-0.2, -0.15) is 0 Å². The van der Waals surface area contributed by atoms with Crippen molar-refractivity contribution in [1.82, 2.24) is 4.90 Å². The second-order valence-electron chi connectivity index (χ2n) is 8.24. The molecule has 1 amide bonds. The lowest BCUT2D eigenvalue weighted by atomic mass is 9.60. The van der Waals surface area contributed by atoms with Crippen molar-refractivity contribution in [2.45, 2.75) is 44.6 Å². The Labute approximate surface area is 165 Å². The van der Waals surface area contributed by atoms with Gasteiger partial charge < -0.3 is 19.6 Å². The Morgan fingerprint density at radius 2 is 2.11 bits per heavy atom. The van der Waals surface area contributed by atoms with Gasteiger partial charge in [-0.05, 0) is 69.4 Å². The van der Waals surface area contributed by atoms with Crippen LogP contribution in [-0.2, 0) is 15.0 Å². The van der Waals surface area contributed by atoms with E-state index in [1.165, 1.54) is 14.0 Å². The van der Waals surface area contributed by atoms with E-state index in [1.54, 1.807) is 11.0 Å². The fraction of sp³-hybridized carbons (Fsp3) is 0.545. The number of ether oxygens (including phenoxy) is 1. The van der Waals surface area contributed by atoms with Crippen molar-refractivity contribution in [3.8, 4) is 11.5 Å². The Bertz CT molecular complexity index is 878. The first kappa shape index (κ1) is 19.0. The fourth-order valence-electron chi connectivity index (χ4n) is 5.59. The summed E-state index contributed by atoms with van der Waals surface area (Å²) in [6.07, 6.45) is 4.20. The van der Waals surface area contributed by atoms with Crippen molar-refractivity contribution in [1.29, 1.82) is 0 Å². The van der Waals surface area contributed by atoms with Crippen LogP contribution in [0.1, 0.15) is 38.7 Å². The van der Waals surface area contributed by atoms with Gasteiger partial charge in [0.05, 0.1) is 24.3 Å². The van der Waals surface area contributed by atoms with Gasteiger partial charge in [-0.3, -0.25) is 9.59 Å². The van der Waals surface area contributed by atoms with E-state index >= 15 is 0 Å². The van der Waals surface area contributed by atoms with Crippen molar-refractivity contribution in [3.05, 3.63) is 29.3 Å². The monoisotopic (exact) mass is 384 g/mol. The molecule has 3 heterocycles. The van der Waals surface area contributed by atoms with Crippen molar-refractivity contribution < 1.29 is 19.4 Å². The molecule has 0 aromatic heterocycles. The minimum atomic E-state index is -0.818. The van der Waals surface area contributed by atoms with Crippen molar-refractivity contribution >= 4 is 17.4 Å². The van der Waals surface area contributed by atoms with Crippen LogP contribution in [0, 0.1) is 5.92 Å². The van der Waals surface area contributed by atoms with Crippen LogP contribution in [0.25, 0.3) is 0 Å². The normalized spacial score (nSPS) is 31.2. The lowest BCUT2D eigenvalue weighted by Gasteiger charge is -2.44. The van der Waals surface area contributed by atoms with E-state index in [0.717, 1.165) is 37.1 Å². The van der Waals surface area contributed by atoms with Crippen LogP contribution < -0.4 is 9.64 Å². The summed E-state index contributed by atoms with van der Waals surface area (Å²) in [5.41, 5.74) is 1.26. The lowest BCUT2D eigenvalue weighted by molar-refractivity contribution is -0.124. The average Bonchev–Trinajstić information content (AvgIpc) is 3.00. The van der Waals surface area contributed by atoms with Gasteiger partial charge in [0.1, 0.15) is 0 Å². The van der Waals surface area contributed by atoms with Gasteiger partial charge in [0, 0.05) is 6.92 Å². The highest BCUT2D eigenvalue weighted by atomic mass is 16.5. The minimum absolute atomic E-state index is 0.0548. The summed E-state index contributed by atoms with van der Waals surface area (Å²) in [4.78, 5) is 30.6. The first-order chi connectivity index (χ1) is 13.4. The molecule has 2 saturated heterocycles. The number of nitrogens with zero attached hydrogens (tertiary/aromatic N) is 2. The maximum atomic E-state index is 13.9. The molecule has 28 heavy (non-hydrogen) atoms. The molecule has 1 aliphatic carbocycles. The molecule has 1 saturated carbocycles. The second kappa shape index (κ2) is 6.62. The van der Waals surface area contributed by atoms with Gasteiger partial charge in [0.2, 0.25) is 5.91 Å². The Balaban J connectivity index is 2.02. The number of carbonyl (C=O) groups excluding carboxylic acids is 2. The number of carbonyl (C=O) groups is 2. The SMILES string of the molecule is C/C=C1/C(=O)[C@@]23CCN(C)CC[C@H]1C[C@@H]2N(C(C)=O)c1c3ccc(OC)c1O. The predicted octanol–water partition coefficient (Wildman–Crippen LogP) is 2.63. The third kappa shape index (κ3) is 2.37. The van der Waals surface area contributed by atoms with E-state index in [9.17, 15) is 14.7 Å². The lowest BCUT2D eigenvalue weighted by Crippen LogP contribution is -2.56. The van der Waals surface area contributed by atoms with Crippen molar-refractivity contribution in [3.63, 3.8) is 0 Å². The third-order valence-corrected chi connectivity index (χ3v) is 6.95. The molecule has 3 fully saturated rings. The summed E-state index contributed by atoms with van der Waals surface area (Å²) in [6.45, 7) is 5.14. The first-order valence-corrected chi connectivity index (χ1v) is 9.96. The minimum Gasteiger partial charge on any atom is -0.503 e. The van der Waals surface area contributed by atoms with Gasteiger partial charge in [0.15, 0.2) is 17.3 Å². The predicted molar refractivity (Wildman–Crippen MR) is 107 cm³/mol. The number of Topliss-reactive ketones (excluding diaryl/α,β-unsaturated/α-hetero) is 1. The second-order valence-corrected chi connectivity index (χ2v) is 8.24. The molecule has 5 rings (SSSR count). The quantitative estimate of drug-likeness (QED) is 0.754. The van der Waals surface area contributed by atoms with Gasteiger partial charge in [-0.1, -0.05) is 12.1 Å². The Kier molecular flexibility index (Phi) is 4.49. The summed E-state index contributed by atoms with van der Waals surface area (Å²) in [6, 6.07) is 3.30. The van der Waals surface area contributed by atoms with Gasteiger partial charge in [0.25, 0.3) is 0 Å². The molecular weight excluding hydrogens is 356 g/mol. The molecule has 6 nitrogen and oxygen atoms in total. The number of allylic oxidation sites excluding steroid dienone is 2. The summed E-state index contributed by atoms with van der Waals surface area (Å²) in [7, 11) is 3.57. The van der Waals surface area contributed by atoms with Crippen molar-refractivity contribution in [2.75, 3.05) is 32.1 Å². The zero-order valence-electron chi connectivity index (χ0n) is 17.0. The molecule has 0 radical (unpaired) electrons. The first-order valence-electron chi connectivity index (χ1n) is 9.96. The zero-order valence-corrected chi connectivity index (χ0v) is 17.0. The molecule has 2 bridgehead atoms. The zero-order chi connectivity index (χ0) is 20.2. The summed E-state index contributed by atoms with van der Waals surface area (Å²) >= 11 is 0. The average molecular weight is 384 g/mol. The molecule has 4 aliphatic rings. The Morgan fingerprint density at radius 1 is 1.36 bits per heavy atom. The van der Waals surface area contributed by atoms with Crippen LogP contribution in [0.15, 0.2) is 23.8 Å². The highest BCUT2D eigenvalue weighted by Crippen LogP contribution is 2.59. The molecule has 1 N–H and O–H groups in total. The van der Waals surface area contributed by atoms with Crippen molar-refractivity contribution in [2.24, 2.45) is 5.92 Å². The molecule has 6 heteroatoms. The van der Waals surface area contributed by atoms with E-state index in [1.807, 2.05) is 19.1 Å². The highest BCUT2D eigenvalue weighted by Gasteiger charge is 2.61. The smallest absolute Gasteiger partial charge is 0.224 e. The summed E-state index contributed by atoms with van der Waals surface area (Å²) in [5.74, 6) is 0.344. The van der Waals surface area contributed by atoms with E-state index in [4.69, 9.17) is 4.74 Å². The largest absolute Gasteiger partial charge is 0.503 e. The number of amides is 1. The maximum absolute atomic E-state index is 13.9. The number of phenolic OH excluding ortho intramolecular Hbond substituents is 1. The van der Waals surface area contributed by atoms with Crippen LogP contribution in [-0.4, -0.2) is 55.0 Å². The summed E-state index contributed by atoms with van der Waals surface area (Å²) < 4.78 is 5.29. The van der Waals surface area contributed by atoms with Crippen LogP contribution in [0.2, 0.25) is 0 Å². The van der Waals surface area contributed by atoms with Crippen LogP contribution in [0.5, 0.6) is 11.5 Å². The topological polar surface area (TPSA) is 70.1 Å². The molecule has 3 aliphatic heterocycles. The number of phenols is 1.